The number of nitrogens with one attached hydrogen (secondary N) is 3. The van der Waals surface area contributed by atoms with Gasteiger partial charge >= 0.3 is 11.8 Å². The van der Waals surface area contributed by atoms with Crippen LogP contribution >= 0.6 is 0 Å². The van der Waals surface area contributed by atoms with Crippen LogP contribution in [-0.2, 0) is 27.2 Å². The van der Waals surface area contributed by atoms with Gasteiger partial charge in [0.05, 0.1) is 6.42 Å². The minimum absolute atomic E-state index is 0.107. The van der Waals surface area contributed by atoms with Crippen molar-refractivity contribution in [2.45, 2.75) is 51.5 Å². The van der Waals surface area contributed by atoms with Crippen molar-refractivity contribution in [1.82, 2.24) is 16.2 Å². The van der Waals surface area contributed by atoms with Crippen molar-refractivity contribution >= 4 is 17.7 Å². The van der Waals surface area contributed by atoms with Gasteiger partial charge in [0.2, 0.25) is 5.91 Å². The van der Waals surface area contributed by atoms with Gasteiger partial charge in [0.15, 0.2) is 0 Å². The van der Waals surface area contributed by atoms with Crippen molar-refractivity contribution in [1.29, 1.82) is 0 Å². The molecule has 6 heteroatoms. The molecule has 6 nitrogen and oxygen atoms in total. The van der Waals surface area contributed by atoms with Gasteiger partial charge < -0.3 is 5.32 Å². The lowest BCUT2D eigenvalue weighted by molar-refractivity contribution is -0.140. The molecule has 1 aliphatic rings. The van der Waals surface area contributed by atoms with Crippen molar-refractivity contribution in [2.24, 2.45) is 0 Å². The third-order valence-electron chi connectivity index (χ3n) is 3.64. The van der Waals surface area contributed by atoms with Crippen LogP contribution in [0.15, 0.2) is 24.3 Å². The Morgan fingerprint density at radius 1 is 1.00 bits per heavy atom. The molecular formula is C17H23N3O3. The lowest BCUT2D eigenvalue weighted by Gasteiger charge is -2.08. The molecule has 1 saturated carbocycles. The predicted molar refractivity (Wildman–Crippen MR) is 86.2 cm³/mol. The van der Waals surface area contributed by atoms with E-state index in [0.29, 0.717) is 0 Å². The molecule has 1 fully saturated rings. The molecule has 23 heavy (non-hydrogen) atoms. The smallest absolute Gasteiger partial charge is 0.327 e. The number of carbonyl (C=O) groups excluding carboxylic acids is 3. The molecule has 0 aromatic heterocycles. The number of hydrazine groups is 1. The van der Waals surface area contributed by atoms with Gasteiger partial charge in [-0.2, -0.15) is 0 Å². The van der Waals surface area contributed by atoms with Crippen LogP contribution in [0.25, 0.3) is 0 Å². The molecule has 3 amide bonds. The Hall–Kier alpha value is -2.37. The first-order valence-corrected chi connectivity index (χ1v) is 8.06. The largest absolute Gasteiger partial charge is 0.345 e. The van der Waals surface area contributed by atoms with Crippen LogP contribution in [-0.4, -0.2) is 23.8 Å². The summed E-state index contributed by atoms with van der Waals surface area (Å²) in [6.07, 6.45) is 5.29. The average molecular weight is 317 g/mol. The standard InChI is InChI=1S/C17H23N3O3/c1-2-3-4-12-5-7-13(8-6-12)11-15(21)19-20-17(23)16(22)18-14-9-10-14/h5-8,14H,2-4,9-11H2,1H3,(H,18,22)(H,19,21)(H,20,23). The number of amides is 3. The van der Waals surface area contributed by atoms with E-state index >= 15 is 0 Å². The summed E-state index contributed by atoms with van der Waals surface area (Å²) in [5.74, 6) is -1.92. The summed E-state index contributed by atoms with van der Waals surface area (Å²) in [5, 5.41) is 2.55. The lowest BCUT2D eigenvalue weighted by Crippen LogP contribution is -2.49. The Bertz CT molecular complexity index is 565. The summed E-state index contributed by atoms with van der Waals surface area (Å²) in [6, 6.07) is 7.95. The molecular weight excluding hydrogens is 294 g/mol. The first-order valence-electron chi connectivity index (χ1n) is 8.06. The van der Waals surface area contributed by atoms with Gasteiger partial charge in [-0.05, 0) is 36.8 Å². The van der Waals surface area contributed by atoms with E-state index in [1.807, 2.05) is 24.3 Å². The Balaban J connectivity index is 1.71. The van der Waals surface area contributed by atoms with Gasteiger partial charge in [-0.25, -0.2) is 0 Å². The Morgan fingerprint density at radius 3 is 2.26 bits per heavy atom. The topological polar surface area (TPSA) is 87.3 Å². The normalized spacial score (nSPS) is 13.3. The fraction of sp³-hybridized carbons (Fsp3) is 0.471. The fourth-order valence-electron chi connectivity index (χ4n) is 2.10. The highest BCUT2D eigenvalue weighted by Gasteiger charge is 2.26. The minimum Gasteiger partial charge on any atom is -0.345 e. The molecule has 0 atom stereocenters. The Kier molecular flexibility index (Phi) is 6.14. The molecule has 0 aliphatic heterocycles. The van der Waals surface area contributed by atoms with Crippen LogP contribution in [0, 0.1) is 0 Å². The summed E-state index contributed by atoms with van der Waals surface area (Å²) in [4.78, 5) is 34.7. The number of unbranched alkanes of at least 4 members (excludes halogenated alkanes) is 1. The Labute approximate surface area is 136 Å². The number of aryl methyl sites for hydroxylation is 1. The first-order chi connectivity index (χ1) is 11.1. The van der Waals surface area contributed by atoms with Crippen molar-refractivity contribution in [3.63, 3.8) is 0 Å². The van der Waals surface area contributed by atoms with E-state index < -0.39 is 11.8 Å². The quantitative estimate of drug-likeness (QED) is 0.540. The third kappa shape index (κ3) is 6.10. The number of rotatable bonds is 6. The molecule has 1 aliphatic carbocycles. The first kappa shape index (κ1) is 17.0. The van der Waals surface area contributed by atoms with Gasteiger partial charge in [0.25, 0.3) is 0 Å². The number of hydrogen-bond acceptors (Lipinski definition) is 3. The van der Waals surface area contributed by atoms with Crippen LogP contribution in [0.4, 0.5) is 0 Å². The minimum atomic E-state index is -0.847. The maximum Gasteiger partial charge on any atom is 0.327 e. The second-order valence-electron chi connectivity index (χ2n) is 5.85. The molecule has 0 heterocycles. The van der Waals surface area contributed by atoms with Crippen molar-refractivity contribution in [3.05, 3.63) is 35.4 Å². The third-order valence-corrected chi connectivity index (χ3v) is 3.64. The summed E-state index contributed by atoms with van der Waals surface area (Å²) in [7, 11) is 0. The van der Waals surface area contributed by atoms with Crippen molar-refractivity contribution in [2.75, 3.05) is 0 Å². The van der Waals surface area contributed by atoms with Gasteiger partial charge in [-0.3, -0.25) is 25.2 Å². The number of carbonyl (C=O) groups is 3. The van der Waals surface area contributed by atoms with E-state index in [2.05, 4.69) is 23.1 Å². The van der Waals surface area contributed by atoms with E-state index in [1.54, 1.807) is 0 Å². The summed E-state index contributed by atoms with van der Waals surface area (Å²) < 4.78 is 0. The van der Waals surface area contributed by atoms with Gasteiger partial charge in [0, 0.05) is 6.04 Å². The highest BCUT2D eigenvalue weighted by atomic mass is 16.2. The van der Waals surface area contributed by atoms with Crippen LogP contribution in [0.1, 0.15) is 43.7 Å². The van der Waals surface area contributed by atoms with E-state index in [1.165, 1.54) is 5.56 Å². The average Bonchev–Trinajstić information content (AvgIpc) is 3.36. The summed E-state index contributed by atoms with van der Waals surface area (Å²) >= 11 is 0. The highest BCUT2D eigenvalue weighted by molar-refractivity contribution is 6.35. The fourth-order valence-corrected chi connectivity index (χ4v) is 2.10. The van der Waals surface area contributed by atoms with Crippen LogP contribution in [0.2, 0.25) is 0 Å². The highest BCUT2D eigenvalue weighted by Crippen LogP contribution is 2.18. The molecule has 124 valence electrons. The zero-order valence-electron chi connectivity index (χ0n) is 13.4. The van der Waals surface area contributed by atoms with Gasteiger partial charge in [-0.1, -0.05) is 37.6 Å². The molecule has 1 aromatic rings. The molecule has 2 rings (SSSR count). The second kappa shape index (κ2) is 8.31. The predicted octanol–water partition coefficient (Wildman–Crippen LogP) is 0.998. The van der Waals surface area contributed by atoms with Crippen LogP contribution in [0.5, 0.6) is 0 Å². The van der Waals surface area contributed by atoms with Crippen LogP contribution in [0.3, 0.4) is 0 Å². The molecule has 0 saturated heterocycles. The van der Waals surface area contributed by atoms with E-state index in [4.69, 9.17) is 0 Å². The molecule has 0 unspecified atom stereocenters. The SMILES string of the molecule is CCCCc1ccc(CC(=O)NNC(=O)C(=O)NC2CC2)cc1. The van der Waals surface area contributed by atoms with E-state index in [9.17, 15) is 14.4 Å². The maximum atomic E-state index is 11.8. The van der Waals surface area contributed by atoms with E-state index in [0.717, 1.165) is 37.7 Å². The van der Waals surface area contributed by atoms with Gasteiger partial charge in [-0.15, -0.1) is 0 Å². The molecule has 0 bridgehead atoms. The van der Waals surface area contributed by atoms with Crippen molar-refractivity contribution in [3.8, 4) is 0 Å². The second-order valence-corrected chi connectivity index (χ2v) is 5.85. The van der Waals surface area contributed by atoms with E-state index in [-0.39, 0.29) is 18.4 Å². The zero-order chi connectivity index (χ0) is 16.7. The molecule has 0 spiro atoms. The Morgan fingerprint density at radius 2 is 1.65 bits per heavy atom. The zero-order valence-corrected chi connectivity index (χ0v) is 13.4. The monoisotopic (exact) mass is 317 g/mol. The van der Waals surface area contributed by atoms with Crippen LogP contribution < -0.4 is 16.2 Å². The lowest BCUT2D eigenvalue weighted by atomic mass is 10.0. The van der Waals surface area contributed by atoms with Gasteiger partial charge in [0.1, 0.15) is 0 Å². The summed E-state index contributed by atoms with van der Waals surface area (Å²) in [6.45, 7) is 2.15. The molecule has 3 N–H and O–H groups in total. The number of hydrogen-bond donors (Lipinski definition) is 3. The number of benzene rings is 1. The maximum absolute atomic E-state index is 11.8. The molecule has 1 aromatic carbocycles. The summed E-state index contributed by atoms with van der Waals surface area (Å²) in [5.41, 5.74) is 6.49. The molecule has 0 radical (unpaired) electrons. The van der Waals surface area contributed by atoms with Crippen molar-refractivity contribution < 1.29 is 14.4 Å².